The average Bonchev–Trinajstić information content (AvgIpc) is 2.81. The van der Waals surface area contributed by atoms with Crippen LogP contribution in [0, 0.1) is 0 Å². The van der Waals surface area contributed by atoms with E-state index in [4.69, 9.17) is 4.98 Å². The number of rotatable bonds is 6. The summed E-state index contributed by atoms with van der Waals surface area (Å²) in [5.74, 6) is -1.15. The molecule has 5 nitrogen and oxygen atoms in total. The van der Waals surface area contributed by atoms with Crippen LogP contribution in [0.5, 0.6) is 0 Å². The van der Waals surface area contributed by atoms with Crippen LogP contribution in [0.25, 0.3) is 0 Å². The van der Waals surface area contributed by atoms with Crippen molar-refractivity contribution in [2.24, 2.45) is 0 Å². The zero-order valence-corrected chi connectivity index (χ0v) is 14.1. The fraction of sp³-hybridized carbons (Fsp3) is 0.733. The lowest BCUT2D eigenvalue weighted by molar-refractivity contribution is -0.139. The number of aryl methyl sites for hydroxylation is 1. The van der Waals surface area contributed by atoms with Gasteiger partial charge in [-0.1, -0.05) is 0 Å². The van der Waals surface area contributed by atoms with Gasteiger partial charge in [0.1, 0.15) is 5.92 Å². The Hall–Kier alpha value is -1.14. The Balaban J connectivity index is 2.26. The number of carbonyl (C=O) groups is 1. The van der Waals surface area contributed by atoms with E-state index in [2.05, 4.69) is 37.7 Å². The smallest absolute Gasteiger partial charge is 0.312 e. The number of carboxylic acids is 1. The summed E-state index contributed by atoms with van der Waals surface area (Å²) in [6.45, 7) is 6.17. The number of nitrogens with zero attached hydrogens (tertiary/aromatic N) is 3. The molecule has 0 saturated heterocycles. The molecule has 2 rings (SSSR count). The average molecular weight is 311 g/mol. The lowest BCUT2D eigenvalue weighted by atomic mass is 9.91. The van der Waals surface area contributed by atoms with Crippen LogP contribution in [0.4, 0.5) is 5.13 Å². The number of carboxylic acid groups (broad SMARTS) is 1. The first kappa shape index (κ1) is 16.2. The minimum absolute atomic E-state index is 0.362. The first-order valence-corrected chi connectivity index (χ1v) is 8.39. The lowest BCUT2D eigenvalue weighted by Crippen LogP contribution is -2.40. The van der Waals surface area contributed by atoms with E-state index in [1.54, 1.807) is 11.3 Å². The highest BCUT2D eigenvalue weighted by molar-refractivity contribution is 7.15. The molecule has 0 saturated carbocycles. The minimum atomic E-state index is -0.739. The Morgan fingerprint density at radius 2 is 2.24 bits per heavy atom. The molecule has 0 bridgehead atoms. The van der Waals surface area contributed by atoms with Crippen molar-refractivity contribution >= 4 is 22.4 Å². The highest BCUT2D eigenvalue weighted by atomic mass is 32.1. The quantitative estimate of drug-likeness (QED) is 0.874. The lowest BCUT2D eigenvalue weighted by Gasteiger charge is -2.29. The molecule has 1 N–H and O–H groups in total. The molecule has 21 heavy (non-hydrogen) atoms. The fourth-order valence-corrected chi connectivity index (χ4v) is 4.36. The number of likely N-dealkylation sites (N-methyl/N-ethyl adjacent to an activating group) is 2. The Kier molecular flexibility index (Phi) is 5.22. The van der Waals surface area contributed by atoms with Crippen molar-refractivity contribution in [2.75, 3.05) is 32.1 Å². The molecular weight excluding hydrogens is 286 g/mol. The topological polar surface area (TPSA) is 56.7 Å². The number of thiazole rings is 1. The van der Waals surface area contributed by atoms with Gasteiger partial charge in [0.15, 0.2) is 5.13 Å². The molecule has 0 amide bonds. The zero-order chi connectivity index (χ0) is 15.6. The summed E-state index contributed by atoms with van der Waals surface area (Å²) in [6.07, 6.45) is 2.63. The third-order valence-electron chi connectivity index (χ3n) is 3.99. The van der Waals surface area contributed by atoms with Gasteiger partial charge in [-0.3, -0.25) is 4.79 Å². The molecule has 1 heterocycles. The summed E-state index contributed by atoms with van der Waals surface area (Å²) in [6, 6.07) is 0.362. The minimum Gasteiger partial charge on any atom is -0.481 e. The number of hydrogen-bond acceptors (Lipinski definition) is 5. The highest BCUT2D eigenvalue weighted by Gasteiger charge is 2.31. The van der Waals surface area contributed by atoms with E-state index in [-0.39, 0.29) is 0 Å². The van der Waals surface area contributed by atoms with E-state index in [9.17, 15) is 9.90 Å². The molecule has 0 radical (unpaired) electrons. The molecule has 0 fully saturated rings. The van der Waals surface area contributed by atoms with Gasteiger partial charge in [-0.25, -0.2) is 4.98 Å². The molecule has 1 aliphatic rings. The van der Waals surface area contributed by atoms with Gasteiger partial charge in [0.2, 0.25) is 0 Å². The molecule has 0 aliphatic heterocycles. The van der Waals surface area contributed by atoms with Crippen molar-refractivity contribution < 1.29 is 9.90 Å². The van der Waals surface area contributed by atoms with Crippen molar-refractivity contribution in [3.8, 4) is 0 Å². The predicted molar refractivity (Wildman–Crippen MR) is 86.5 cm³/mol. The van der Waals surface area contributed by atoms with Crippen LogP contribution < -0.4 is 4.90 Å². The second kappa shape index (κ2) is 6.75. The van der Waals surface area contributed by atoms with Gasteiger partial charge in [0.05, 0.1) is 5.69 Å². The van der Waals surface area contributed by atoms with Crippen molar-refractivity contribution in [1.29, 1.82) is 0 Å². The Morgan fingerprint density at radius 1 is 1.52 bits per heavy atom. The summed E-state index contributed by atoms with van der Waals surface area (Å²) in [4.78, 5) is 21.7. The van der Waals surface area contributed by atoms with E-state index < -0.39 is 11.9 Å². The first-order chi connectivity index (χ1) is 9.93. The molecule has 1 aromatic heterocycles. The third-order valence-corrected chi connectivity index (χ3v) is 5.16. The van der Waals surface area contributed by atoms with Crippen LogP contribution in [0.2, 0.25) is 0 Å². The summed E-state index contributed by atoms with van der Waals surface area (Å²) in [7, 11) is 4.13. The van der Waals surface area contributed by atoms with Gasteiger partial charge < -0.3 is 14.9 Å². The van der Waals surface area contributed by atoms with Crippen LogP contribution in [-0.2, 0) is 11.2 Å². The van der Waals surface area contributed by atoms with Gasteiger partial charge in [-0.15, -0.1) is 11.3 Å². The number of anilines is 1. The molecule has 6 heteroatoms. The molecule has 0 spiro atoms. The number of aliphatic carboxylic acids is 1. The number of fused-ring (bicyclic) bond motifs is 1. The van der Waals surface area contributed by atoms with Crippen molar-refractivity contribution in [2.45, 2.75) is 45.1 Å². The van der Waals surface area contributed by atoms with Crippen LogP contribution in [0.1, 0.15) is 43.2 Å². The molecule has 118 valence electrons. The van der Waals surface area contributed by atoms with Gasteiger partial charge >= 0.3 is 5.97 Å². The van der Waals surface area contributed by atoms with E-state index in [1.165, 1.54) is 4.88 Å². The molecule has 1 aromatic rings. The maximum atomic E-state index is 11.4. The third kappa shape index (κ3) is 3.55. The van der Waals surface area contributed by atoms with Crippen LogP contribution in [-0.4, -0.2) is 54.2 Å². The van der Waals surface area contributed by atoms with Crippen molar-refractivity contribution in [3.05, 3.63) is 10.6 Å². The first-order valence-electron chi connectivity index (χ1n) is 7.57. The maximum Gasteiger partial charge on any atom is 0.312 e. The van der Waals surface area contributed by atoms with Crippen molar-refractivity contribution in [1.82, 2.24) is 9.88 Å². The molecule has 2 unspecified atom stereocenters. The fourth-order valence-electron chi connectivity index (χ4n) is 3.03. The largest absolute Gasteiger partial charge is 0.481 e. The summed E-state index contributed by atoms with van der Waals surface area (Å²) < 4.78 is 0. The van der Waals surface area contributed by atoms with Crippen LogP contribution >= 0.6 is 11.3 Å². The maximum absolute atomic E-state index is 11.4. The molecule has 2 atom stereocenters. The number of aromatic nitrogens is 1. The van der Waals surface area contributed by atoms with Crippen molar-refractivity contribution in [3.63, 3.8) is 0 Å². The van der Waals surface area contributed by atoms with E-state index in [0.29, 0.717) is 12.5 Å². The van der Waals surface area contributed by atoms with Gasteiger partial charge in [0, 0.05) is 24.0 Å². The van der Waals surface area contributed by atoms with E-state index >= 15 is 0 Å². The predicted octanol–water partition coefficient (Wildman–Crippen LogP) is 2.42. The monoisotopic (exact) mass is 311 g/mol. The normalized spacial score (nSPS) is 19.4. The van der Waals surface area contributed by atoms with E-state index in [0.717, 1.165) is 36.8 Å². The molecule has 0 aromatic carbocycles. The Labute approximate surface area is 130 Å². The molecular formula is C15H25N3O2S. The second-order valence-corrected chi connectivity index (χ2v) is 7.05. The van der Waals surface area contributed by atoms with E-state index in [1.807, 2.05) is 0 Å². The van der Waals surface area contributed by atoms with Gasteiger partial charge in [-0.05, 0) is 47.2 Å². The Bertz CT molecular complexity index is 501. The summed E-state index contributed by atoms with van der Waals surface area (Å²) >= 11 is 1.68. The second-order valence-electron chi connectivity index (χ2n) is 5.99. The standard InChI is InChI=1S/C15H25N3O2S/c1-5-18(10(2)9-17(3)4)15-16-13-11(14(19)20)7-6-8-12(13)21-15/h10-11H,5-9H2,1-4H3,(H,19,20). The van der Waals surface area contributed by atoms with Crippen LogP contribution in [0.3, 0.4) is 0 Å². The van der Waals surface area contributed by atoms with Gasteiger partial charge in [-0.2, -0.15) is 0 Å². The van der Waals surface area contributed by atoms with Gasteiger partial charge in [0.25, 0.3) is 0 Å². The zero-order valence-electron chi connectivity index (χ0n) is 13.3. The number of hydrogen-bond donors (Lipinski definition) is 1. The summed E-state index contributed by atoms with van der Waals surface area (Å²) in [5.41, 5.74) is 0.809. The SMILES string of the molecule is CCN(c1nc2c(s1)CCCC2C(=O)O)C(C)CN(C)C. The summed E-state index contributed by atoms with van der Waals surface area (Å²) in [5, 5.41) is 10.3. The molecule has 1 aliphatic carbocycles. The Morgan fingerprint density at radius 3 is 2.81 bits per heavy atom. The van der Waals surface area contributed by atoms with Crippen LogP contribution in [0.15, 0.2) is 0 Å². The highest BCUT2D eigenvalue weighted by Crippen LogP contribution is 2.38.